The highest BCUT2D eigenvalue weighted by Crippen LogP contribution is 2.28. The Morgan fingerprint density at radius 2 is 1.59 bits per heavy atom. The van der Waals surface area contributed by atoms with Gasteiger partial charge in [0.15, 0.2) is 0 Å². The van der Waals surface area contributed by atoms with Crippen LogP contribution in [0.25, 0.3) is 0 Å². The number of hydrogen-bond donors (Lipinski definition) is 0. The molecule has 0 aliphatic heterocycles. The molecule has 0 aliphatic carbocycles. The maximum absolute atomic E-state index is 12.5. The second-order valence-corrected chi connectivity index (χ2v) is 7.85. The number of hydrogen-bond acceptors (Lipinski definition) is 0. The van der Waals surface area contributed by atoms with E-state index in [-0.39, 0.29) is 0 Å². The molecule has 1 rings (SSSR count). The van der Waals surface area contributed by atoms with E-state index in [1.54, 1.807) is 12.1 Å². The van der Waals surface area contributed by atoms with Gasteiger partial charge in [-0.1, -0.05) is 54.3 Å². The van der Waals surface area contributed by atoms with Gasteiger partial charge < -0.3 is 0 Å². The van der Waals surface area contributed by atoms with Crippen LogP contribution in [0.4, 0.5) is 13.2 Å². The molecular formula is C17H24ClF3Si. The van der Waals surface area contributed by atoms with Gasteiger partial charge in [0.1, 0.15) is 0 Å². The zero-order chi connectivity index (χ0) is 16.4. The minimum atomic E-state index is -4.24. The van der Waals surface area contributed by atoms with Crippen LogP contribution in [0.2, 0.25) is 6.04 Å². The van der Waals surface area contributed by atoms with Crippen LogP contribution in [0.5, 0.6) is 0 Å². The molecule has 1 aromatic carbocycles. The Labute approximate surface area is 138 Å². The fourth-order valence-corrected chi connectivity index (χ4v) is 3.96. The van der Waals surface area contributed by atoms with Crippen molar-refractivity contribution < 1.29 is 13.2 Å². The quantitative estimate of drug-likeness (QED) is 0.240. The number of alkyl halides is 4. The van der Waals surface area contributed by atoms with Gasteiger partial charge in [0.05, 0.1) is 15.1 Å². The highest BCUT2D eigenvalue weighted by Gasteiger charge is 2.29. The van der Waals surface area contributed by atoms with E-state index >= 15 is 0 Å². The molecule has 124 valence electrons. The SMILES string of the molecule is C=C(CCCCCCCCl)C[SiH2]c1ccc(C(F)(F)F)cc1. The molecule has 0 fully saturated rings. The number of halogens is 4. The van der Waals surface area contributed by atoms with Crippen molar-refractivity contribution in [3.63, 3.8) is 0 Å². The molecule has 0 nitrogen and oxygen atoms in total. The van der Waals surface area contributed by atoms with Crippen LogP contribution in [0.3, 0.4) is 0 Å². The van der Waals surface area contributed by atoms with Crippen LogP contribution < -0.4 is 5.19 Å². The predicted octanol–water partition coefficient (Wildman–Crippen LogP) is 5.05. The lowest BCUT2D eigenvalue weighted by Crippen LogP contribution is -2.15. The van der Waals surface area contributed by atoms with Gasteiger partial charge in [-0.2, -0.15) is 13.2 Å². The summed E-state index contributed by atoms with van der Waals surface area (Å²) in [7, 11) is -0.551. The summed E-state index contributed by atoms with van der Waals surface area (Å²) < 4.78 is 37.4. The zero-order valence-corrected chi connectivity index (χ0v) is 15.1. The van der Waals surface area contributed by atoms with Gasteiger partial charge in [0, 0.05) is 5.88 Å². The second-order valence-electron chi connectivity index (χ2n) is 5.65. The Bertz CT molecular complexity index is 440. The van der Waals surface area contributed by atoms with E-state index in [1.807, 2.05) is 0 Å². The van der Waals surface area contributed by atoms with Crippen molar-refractivity contribution in [2.24, 2.45) is 0 Å². The van der Waals surface area contributed by atoms with Crippen molar-refractivity contribution in [3.8, 4) is 0 Å². The van der Waals surface area contributed by atoms with Crippen molar-refractivity contribution in [2.45, 2.75) is 50.7 Å². The highest BCUT2D eigenvalue weighted by atomic mass is 35.5. The maximum Gasteiger partial charge on any atom is 0.416 e. The molecule has 0 aliphatic rings. The molecule has 0 aromatic heterocycles. The molecule has 5 heteroatoms. The first kappa shape index (κ1) is 19.3. The van der Waals surface area contributed by atoms with Crippen LogP contribution in [0, 0.1) is 0 Å². The Kier molecular flexibility index (Phi) is 8.87. The molecule has 0 saturated heterocycles. The normalized spacial score (nSPS) is 12.2. The minimum Gasteiger partial charge on any atom is -0.166 e. The third-order valence-electron chi connectivity index (χ3n) is 3.71. The number of benzene rings is 1. The minimum absolute atomic E-state index is 0.551. The smallest absolute Gasteiger partial charge is 0.166 e. The lowest BCUT2D eigenvalue weighted by atomic mass is 10.1. The summed E-state index contributed by atoms with van der Waals surface area (Å²) in [5.41, 5.74) is 0.671. The molecule has 0 unspecified atom stereocenters. The Morgan fingerprint density at radius 3 is 2.18 bits per heavy atom. The fourth-order valence-electron chi connectivity index (χ4n) is 2.31. The highest BCUT2D eigenvalue weighted by molar-refractivity contribution is 6.54. The van der Waals surface area contributed by atoms with Crippen LogP contribution in [0.1, 0.15) is 44.1 Å². The first-order valence-corrected chi connectivity index (χ1v) is 10.1. The van der Waals surface area contributed by atoms with Crippen molar-refractivity contribution in [1.29, 1.82) is 0 Å². The monoisotopic (exact) mass is 348 g/mol. The number of unbranched alkanes of at least 4 members (excludes halogenated alkanes) is 4. The molecule has 0 heterocycles. The van der Waals surface area contributed by atoms with Gasteiger partial charge in [-0.25, -0.2) is 0 Å². The first-order valence-electron chi connectivity index (χ1n) is 7.82. The molecule has 0 radical (unpaired) electrons. The molecule has 0 N–H and O–H groups in total. The van der Waals surface area contributed by atoms with E-state index in [0.717, 1.165) is 36.4 Å². The summed E-state index contributed by atoms with van der Waals surface area (Å²) in [6.45, 7) is 4.09. The van der Waals surface area contributed by atoms with Gasteiger partial charge in [-0.15, -0.1) is 18.2 Å². The predicted molar refractivity (Wildman–Crippen MR) is 92.0 cm³/mol. The zero-order valence-electron chi connectivity index (χ0n) is 12.9. The summed E-state index contributed by atoms with van der Waals surface area (Å²) in [4.78, 5) is 0. The molecular weight excluding hydrogens is 325 g/mol. The Hall–Kier alpha value is -0.743. The number of rotatable bonds is 10. The molecule has 0 saturated carbocycles. The van der Waals surface area contributed by atoms with E-state index in [9.17, 15) is 13.2 Å². The van der Waals surface area contributed by atoms with Gasteiger partial charge in [0.2, 0.25) is 0 Å². The Morgan fingerprint density at radius 1 is 1.00 bits per heavy atom. The van der Waals surface area contributed by atoms with E-state index in [2.05, 4.69) is 6.58 Å². The molecule has 0 atom stereocenters. The summed E-state index contributed by atoms with van der Waals surface area (Å²) in [5.74, 6) is 0.742. The third-order valence-corrected chi connectivity index (χ3v) is 5.99. The topological polar surface area (TPSA) is 0 Å². The average Bonchev–Trinajstić information content (AvgIpc) is 2.48. The summed E-state index contributed by atoms with van der Waals surface area (Å²) in [6.07, 6.45) is 2.65. The van der Waals surface area contributed by atoms with Crippen LogP contribution >= 0.6 is 11.6 Å². The van der Waals surface area contributed by atoms with Crippen molar-refractivity contribution in [1.82, 2.24) is 0 Å². The fraction of sp³-hybridized carbons (Fsp3) is 0.529. The van der Waals surface area contributed by atoms with E-state index in [0.29, 0.717) is 0 Å². The van der Waals surface area contributed by atoms with Gasteiger partial charge in [-0.05, 0) is 25.3 Å². The molecule has 0 bridgehead atoms. The van der Waals surface area contributed by atoms with E-state index < -0.39 is 21.3 Å². The number of allylic oxidation sites excluding steroid dienone is 1. The lowest BCUT2D eigenvalue weighted by Gasteiger charge is -2.08. The van der Waals surface area contributed by atoms with Crippen molar-refractivity contribution in [2.75, 3.05) is 5.88 Å². The van der Waals surface area contributed by atoms with Crippen molar-refractivity contribution in [3.05, 3.63) is 42.0 Å². The molecule has 0 amide bonds. The van der Waals surface area contributed by atoms with Gasteiger partial charge >= 0.3 is 6.18 Å². The van der Waals surface area contributed by atoms with Gasteiger partial charge in [-0.3, -0.25) is 0 Å². The third kappa shape index (κ3) is 8.04. The molecule has 22 heavy (non-hydrogen) atoms. The Balaban J connectivity index is 2.21. The summed E-state index contributed by atoms with van der Waals surface area (Å²) >= 11 is 5.63. The molecule has 1 aromatic rings. The summed E-state index contributed by atoms with van der Waals surface area (Å²) in [5, 5.41) is 1.07. The average molecular weight is 349 g/mol. The van der Waals surface area contributed by atoms with E-state index in [4.69, 9.17) is 11.6 Å². The maximum atomic E-state index is 12.5. The molecule has 0 spiro atoms. The first-order chi connectivity index (χ1) is 10.4. The second kappa shape index (κ2) is 10.1. The summed E-state index contributed by atoms with van der Waals surface area (Å²) in [6, 6.07) is 6.58. The van der Waals surface area contributed by atoms with Crippen LogP contribution in [0.15, 0.2) is 36.4 Å². The standard InChI is InChI=1S/C17H24ClF3Si/c1-14(7-5-3-2-4-6-12-18)13-22-16-10-8-15(9-11-16)17(19,20)21/h8-11H,1-7,12-13,22H2. The van der Waals surface area contributed by atoms with E-state index in [1.165, 1.54) is 37.0 Å². The van der Waals surface area contributed by atoms with Crippen LogP contribution in [-0.4, -0.2) is 15.4 Å². The largest absolute Gasteiger partial charge is 0.416 e. The lowest BCUT2D eigenvalue weighted by molar-refractivity contribution is -0.137. The van der Waals surface area contributed by atoms with Crippen LogP contribution in [-0.2, 0) is 6.18 Å². The van der Waals surface area contributed by atoms with Crippen molar-refractivity contribution >= 4 is 26.3 Å². The van der Waals surface area contributed by atoms with Gasteiger partial charge in [0.25, 0.3) is 0 Å².